The number of nitrogens with zero attached hydrogens (tertiary/aromatic N) is 4. The largest absolute Gasteiger partial charge is 0.326 e. The second kappa shape index (κ2) is 4.09. The lowest BCUT2D eigenvalue weighted by molar-refractivity contribution is 0.540. The second-order valence-electron chi connectivity index (χ2n) is 4.17. The first-order valence-corrected chi connectivity index (χ1v) is 5.36. The van der Waals surface area contributed by atoms with E-state index in [2.05, 4.69) is 10.2 Å². The fraction of sp³-hybridized carbons (Fsp3) is 0.455. The lowest BCUT2D eigenvalue weighted by atomic mass is 10.2. The topological polar surface area (TPSA) is 61.7 Å². The lowest BCUT2D eigenvalue weighted by Crippen LogP contribution is -2.22. The predicted molar refractivity (Wildman–Crippen MR) is 62.8 cm³/mol. The molecule has 0 saturated carbocycles. The Labute approximate surface area is 94.9 Å². The van der Waals surface area contributed by atoms with Crippen LogP contribution in [0.3, 0.4) is 0 Å². The van der Waals surface area contributed by atoms with E-state index in [1.807, 2.05) is 48.7 Å². The summed E-state index contributed by atoms with van der Waals surface area (Å²) in [6, 6.07) is 2.11. The average molecular weight is 219 g/mol. The van der Waals surface area contributed by atoms with Crippen molar-refractivity contribution in [1.82, 2.24) is 19.6 Å². The van der Waals surface area contributed by atoms with Crippen molar-refractivity contribution in [1.29, 1.82) is 0 Å². The van der Waals surface area contributed by atoms with Gasteiger partial charge in [0.15, 0.2) is 0 Å². The molecule has 2 aromatic rings. The number of aryl methyl sites for hydroxylation is 1. The Hall–Kier alpha value is -1.62. The summed E-state index contributed by atoms with van der Waals surface area (Å²) in [4.78, 5) is 0. The highest BCUT2D eigenvalue weighted by atomic mass is 15.3. The third kappa shape index (κ3) is 1.99. The normalized spacial score (nSPS) is 13.0. The summed E-state index contributed by atoms with van der Waals surface area (Å²) in [7, 11) is 1.93. The van der Waals surface area contributed by atoms with E-state index in [1.165, 1.54) is 0 Å². The summed E-state index contributed by atoms with van der Waals surface area (Å²) in [6.45, 7) is 4.74. The van der Waals surface area contributed by atoms with Gasteiger partial charge in [0, 0.05) is 30.5 Å². The summed E-state index contributed by atoms with van der Waals surface area (Å²) in [5.41, 5.74) is 8.87. The SMILES string of the molecule is Cc1c(-c2ccn(CC(C)N)n2)cnn1C. The number of aromatic nitrogens is 4. The molecule has 2 N–H and O–H groups in total. The highest BCUT2D eigenvalue weighted by Gasteiger charge is 2.09. The molecule has 5 heteroatoms. The molecule has 0 aliphatic heterocycles. The molecule has 0 radical (unpaired) electrons. The van der Waals surface area contributed by atoms with Crippen molar-refractivity contribution in [2.45, 2.75) is 26.4 Å². The van der Waals surface area contributed by atoms with Gasteiger partial charge in [-0.15, -0.1) is 0 Å². The van der Waals surface area contributed by atoms with E-state index in [0.29, 0.717) is 0 Å². The first-order chi connectivity index (χ1) is 7.58. The first kappa shape index (κ1) is 10.9. The van der Waals surface area contributed by atoms with Crippen LogP contribution in [-0.4, -0.2) is 25.6 Å². The Morgan fingerprint density at radius 1 is 1.50 bits per heavy atom. The van der Waals surface area contributed by atoms with Gasteiger partial charge >= 0.3 is 0 Å². The summed E-state index contributed by atoms with van der Waals surface area (Å²) in [5, 5.41) is 8.68. The molecule has 16 heavy (non-hydrogen) atoms. The molecule has 0 spiro atoms. The zero-order chi connectivity index (χ0) is 11.7. The van der Waals surface area contributed by atoms with E-state index >= 15 is 0 Å². The molecule has 2 aromatic heterocycles. The highest BCUT2D eigenvalue weighted by molar-refractivity contribution is 5.60. The highest BCUT2D eigenvalue weighted by Crippen LogP contribution is 2.20. The predicted octanol–water partition coefficient (Wildman–Crippen LogP) is 0.939. The molecule has 2 rings (SSSR count). The maximum atomic E-state index is 5.73. The standard InChI is InChI=1S/C11H17N5/c1-8(12)7-16-5-4-11(14-16)10-6-13-15(3)9(10)2/h4-6,8H,7,12H2,1-3H3. The van der Waals surface area contributed by atoms with Gasteiger partial charge in [-0.05, 0) is 19.9 Å². The molecule has 5 nitrogen and oxygen atoms in total. The first-order valence-electron chi connectivity index (χ1n) is 5.36. The quantitative estimate of drug-likeness (QED) is 0.835. The van der Waals surface area contributed by atoms with E-state index in [-0.39, 0.29) is 6.04 Å². The zero-order valence-electron chi connectivity index (χ0n) is 9.88. The average Bonchev–Trinajstić information content (AvgIpc) is 2.75. The van der Waals surface area contributed by atoms with Gasteiger partial charge in [-0.3, -0.25) is 9.36 Å². The Kier molecular flexibility index (Phi) is 2.78. The van der Waals surface area contributed by atoms with Crippen molar-refractivity contribution in [3.63, 3.8) is 0 Å². The van der Waals surface area contributed by atoms with Crippen molar-refractivity contribution in [3.05, 3.63) is 24.2 Å². The van der Waals surface area contributed by atoms with E-state index in [0.717, 1.165) is 23.5 Å². The monoisotopic (exact) mass is 219 g/mol. The summed E-state index contributed by atoms with van der Waals surface area (Å²) in [5.74, 6) is 0. The molecule has 0 aliphatic carbocycles. The minimum atomic E-state index is 0.114. The second-order valence-corrected chi connectivity index (χ2v) is 4.17. The minimum absolute atomic E-state index is 0.114. The molecule has 0 bridgehead atoms. The van der Waals surface area contributed by atoms with Crippen LogP contribution < -0.4 is 5.73 Å². The van der Waals surface area contributed by atoms with Gasteiger partial charge in [0.05, 0.1) is 18.4 Å². The molecule has 86 valence electrons. The number of hydrogen-bond donors (Lipinski definition) is 1. The van der Waals surface area contributed by atoms with Gasteiger partial charge in [-0.1, -0.05) is 0 Å². The number of hydrogen-bond acceptors (Lipinski definition) is 3. The molecular formula is C11H17N5. The van der Waals surface area contributed by atoms with E-state index in [1.54, 1.807) is 0 Å². The third-order valence-electron chi connectivity index (χ3n) is 2.63. The molecule has 0 fully saturated rings. The van der Waals surface area contributed by atoms with Crippen molar-refractivity contribution < 1.29 is 0 Å². The number of nitrogens with two attached hydrogens (primary N) is 1. The number of rotatable bonds is 3. The van der Waals surface area contributed by atoms with Crippen LogP contribution in [0.15, 0.2) is 18.5 Å². The van der Waals surface area contributed by atoms with Crippen LogP contribution >= 0.6 is 0 Å². The van der Waals surface area contributed by atoms with Crippen molar-refractivity contribution in [2.24, 2.45) is 12.8 Å². The Balaban J connectivity index is 2.28. The smallest absolute Gasteiger partial charge is 0.0957 e. The molecule has 1 unspecified atom stereocenters. The Bertz CT molecular complexity index is 480. The summed E-state index contributed by atoms with van der Waals surface area (Å²) in [6.07, 6.45) is 3.79. The molecule has 0 aromatic carbocycles. The van der Waals surface area contributed by atoms with Crippen LogP contribution in [0, 0.1) is 6.92 Å². The molecular weight excluding hydrogens is 202 g/mol. The van der Waals surface area contributed by atoms with E-state index in [4.69, 9.17) is 5.73 Å². The van der Waals surface area contributed by atoms with Gasteiger partial charge in [0.2, 0.25) is 0 Å². The van der Waals surface area contributed by atoms with Crippen LogP contribution in [-0.2, 0) is 13.6 Å². The fourth-order valence-electron chi connectivity index (χ4n) is 1.65. The maximum Gasteiger partial charge on any atom is 0.0957 e. The Morgan fingerprint density at radius 3 is 2.81 bits per heavy atom. The molecule has 1 atom stereocenters. The fourth-order valence-corrected chi connectivity index (χ4v) is 1.65. The minimum Gasteiger partial charge on any atom is -0.326 e. The molecule has 0 amide bonds. The van der Waals surface area contributed by atoms with E-state index < -0.39 is 0 Å². The van der Waals surface area contributed by atoms with Gasteiger partial charge in [-0.25, -0.2) is 0 Å². The summed E-state index contributed by atoms with van der Waals surface area (Å²) < 4.78 is 3.71. The van der Waals surface area contributed by atoms with Crippen molar-refractivity contribution in [2.75, 3.05) is 0 Å². The van der Waals surface area contributed by atoms with Gasteiger partial charge in [-0.2, -0.15) is 10.2 Å². The van der Waals surface area contributed by atoms with Crippen LogP contribution in [0.25, 0.3) is 11.3 Å². The summed E-state index contributed by atoms with van der Waals surface area (Å²) >= 11 is 0. The van der Waals surface area contributed by atoms with Crippen LogP contribution in [0.4, 0.5) is 0 Å². The molecule has 0 aliphatic rings. The molecule has 0 saturated heterocycles. The van der Waals surface area contributed by atoms with Gasteiger partial charge < -0.3 is 5.73 Å². The zero-order valence-corrected chi connectivity index (χ0v) is 9.88. The Morgan fingerprint density at radius 2 is 2.25 bits per heavy atom. The maximum absolute atomic E-state index is 5.73. The molecule has 2 heterocycles. The van der Waals surface area contributed by atoms with Crippen molar-refractivity contribution >= 4 is 0 Å². The van der Waals surface area contributed by atoms with Crippen LogP contribution in [0.5, 0.6) is 0 Å². The lowest BCUT2D eigenvalue weighted by Gasteiger charge is -2.04. The van der Waals surface area contributed by atoms with Gasteiger partial charge in [0.1, 0.15) is 0 Å². The van der Waals surface area contributed by atoms with Crippen LogP contribution in [0.2, 0.25) is 0 Å². The third-order valence-corrected chi connectivity index (χ3v) is 2.63. The van der Waals surface area contributed by atoms with E-state index in [9.17, 15) is 0 Å². The van der Waals surface area contributed by atoms with Gasteiger partial charge in [0.25, 0.3) is 0 Å². The van der Waals surface area contributed by atoms with Crippen molar-refractivity contribution in [3.8, 4) is 11.3 Å². The van der Waals surface area contributed by atoms with Crippen LogP contribution in [0.1, 0.15) is 12.6 Å².